The molecule has 0 saturated heterocycles. The van der Waals surface area contributed by atoms with E-state index in [0.717, 1.165) is 11.1 Å². The van der Waals surface area contributed by atoms with Gasteiger partial charge in [0.15, 0.2) is 0 Å². The van der Waals surface area contributed by atoms with E-state index in [1.54, 1.807) is 31.4 Å². The molecule has 0 unspecified atom stereocenters. The molecule has 4 rings (SSSR count). The Kier molecular flexibility index (Phi) is 6.28. The zero-order valence-corrected chi connectivity index (χ0v) is 18.6. The number of halogens is 1. The predicted molar refractivity (Wildman–Crippen MR) is 127 cm³/mol. The maximum absolute atomic E-state index is 13.5. The van der Waals surface area contributed by atoms with Crippen molar-refractivity contribution in [1.29, 1.82) is 0 Å². The number of anilines is 1. The van der Waals surface area contributed by atoms with E-state index < -0.39 is 0 Å². The van der Waals surface area contributed by atoms with Crippen LogP contribution < -0.4 is 10.1 Å². The van der Waals surface area contributed by atoms with Gasteiger partial charge in [-0.3, -0.25) is 14.5 Å². The van der Waals surface area contributed by atoms with E-state index >= 15 is 0 Å². The lowest BCUT2D eigenvalue weighted by molar-refractivity contribution is -0.136. The van der Waals surface area contributed by atoms with E-state index in [1.165, 1.54) is 4.90 Å². The molecule has 162 valence electrons. The van der Waals surface area contributed by atoms with E-state index in [0.29, 0.717) is 34.0 Å². The molecule has 5 nitrogen and oxygen atoms in total. The smallest absolute Gasteiger partial charge is 0.278 e. The van der Waals surface area contributed by atoms with Gasteiger partial charge in [-0.2, -0.15) is 0 Å². The molecule has 3 aromatic rings. The third-order valence-electron chi connectivity index (χ3n) is 5.46. The van der Waals surface area contributed by atoms with Crippen molar-refractivity contribution in [3.05, 3.63) is 100 Å². The first-order valence-corrected chi connectivity index (χ1v) is 10.7. The Hall–Kier alpha value is -3.57. The molecule has 0 atom stereocenters. The maximum Gasteiger partial charge on any atom is 0.278 e. The number of para-hydroxylation sites is 1. The van der Waals surface area contributed by atoms with Crippen molar-refractivity contribution in [2.45, 2.75) is 13.3 Å². The monoisotopic (exact) mass is 446 g/mol. The number of methoxy groups -OCH3 is 1. The van der Waals surface area contributed by atoms with Crippen LogP contribution in [0, 0.1) is 6.92 Å². The molecule has 2 amide bonds. The molecule has 0 bridgehead atoms. The summed E-state index contributed by atoms with van der Waals surface area (Å²) in [7, 11) is 1.55. The van der Waals surface area contributed by atoms with Gasteiger partial charge in [0.05, 0.1) is 12.7 Å². The van der Waals surface area contributed by atoms with Gasteiger partial charge in [0.2, 0.25) is 0 Å². The van der Waals surface area contributed by atoms with E-state index in [1.807, 2.05) is 55.5 Å². The van der Waals surface area contributed by atoms with Gasteiger partial charge in [-0.05, 0) is 48.7 Å². The molecule has 32 heavy (non-hydrogen) atoms. The molecule has 0 aromatic heterocycles. The number of nitrogens with zero attached hydrogens (tertiary/aromatic N) is 1. The number of imide groups is 1. The van der Waals surface area contributed by atoms with E-state index in [2.05, 4.69) is 5.32 Å². The van der Waals surface area contributed by atoms with Gasteiger partial charge in [-0.25, -0.2) is 0 Å². The first-order chi connectivity index (χ1) is 15.5. The van der Waals surface area contributed by atoms with Crippen LogP contribution in [-0.4, -0.2) is 30.4 Å². The van der Waals surface area contributed by atoms with Gasteiger partial charge in [-0.15, -0.1) is 0 Å². The molecule has 0 fully saturated rings. The molecular formula is C26H23ClN2O3. The van der Waals surface area contributed by atoms with Gasteiger partial charge in [0.1, 0.15) is 11.4 Å². The SMILES string of the molecule is COc1ccccc1C1=C(Nc2ccc(Cl)cc2C)C(=O)N(CCc2ccccc2)C1=O. The van der Waals surface area contributed by atoms with Crippen molar-refractivity contribution >= 4 is 34.7 Å². The highest BCUT2D eigenvalue weighted by atomic mass is 35.5. The Morgan fingerprint density at radius 2 is 1.66 bits per heavy atom. The molecule has 0 radical (unpaired) electrons. The van der Waals surface area contributed by atoms with Crippen molar-refractivity contribution in [3.63, 3.8) is 0 Å². The number of ether oxygens (including phenoxy) is 1. The van der Waals surface area contributed by atoms with Crippen LogP contribution in [0.25, 0.3) is 5.57 Å². The van der Waals surface area contributed by atoms with Crippen LogP contribution in [0.3, 0.4) is 0 Å². The molecule has 0 spiro atoms. The quantitative estimate of drug-likeness (QED) is 0.513. The summed E-state index contributed by atoms with van der Waals surface area (Å²) in [5.41, 5.74) is 3.75. The second kappa shape index (κ2) is 9.28. The summed E-state index contributed by atoms with van der Waals surface area (Å²) in [5, 5.41) is 3.80. The van der Waals surface area contributed by atoms with Crippen molar-refractivity contribution < 1.29 is 14.3 Å². The van der Waals surface area contributed by atoms with Gasteiger partial charge in [-0.1, -0.05) is 60.1 Å². The van der Waals surface area contributed by atoms with Crippen LogP contribution >= 0.6 is 11.6 Å². The summed E-state index contributed by atoms with van der Waals surface area (Å²) < 4.78 is 5.48. The summed E-state index contributed by atoms with van der Waals surface area (Å²) in [6, 6.07) is 22.3. The second-order valence-corrected chi connectivity index (χ2v) is 7.97. The largest absolute Gasteiger partial charge is 0.496 e. The molecule has 1 N–H and O–H groups in total. The number of rotatable bonds is 7. The van der Waals surface area contributed by atoms with Gasteiger partial charge in [0.25, 0.3) is 11.8 Å². The summed E-state index contributed by atoms with van der Waals surface area (Å²) in [6.07, 6.45) is 0.574. The Morgan fingerprint density at radius 3 is 2.38 bits per heavy atom. The van der Waals surface area contributed by atoms with Crippen molar-refractivity contribution in [1.82, 2.24) is 4.90 Å². The van der Waals surface area contributed by atoms with Crippen LogP contribution in [0.4, 0.5) is 5.69 Å². The molecule has 1 heterocycles. The predicted octanol–water partition coefficient (Wildman–Crippen LogP) is 5.09. The molecule has 0 aliphatic carbocycles. The molecule has 6 heteroatoms. The van der Waals surface area contributed by atoms with Crippen LogP contribution in [0.15, 0.2) is 78.5 Å². The Bertz CT molecular complexity index is 1200. The number of nitrogens with one attached hydrogen (secondary N) is 1. The number of benzene rings is 3. The summed E-state index contributed by atoms with van der Waals surface area (Å²) in [5.74, 6) is -0.175. The number of hydrogen-bond acceptors (Lipinski definition) is 4. The fourth-order valence-corrected chi connectivity index (χ4v) is 4.01. The zero-order chi connectivity index (χ0) is 22.7. The molecule has 1 aliphatic heterocycles. The fourth-order valence-electron chi connectivity index (χ4n) is 3.78. The summed E-state index contributed by atoms with van der Waals surface area (Å²) >= 11 is 6.09. The number of carbonyl (C=O) groups is 2. The minimum Gasteiger partial charge on any atom is -0.496 e. The zero-order valence-electron chi connectivity index (χ0n) is 17.9. The highest BCUT2D eigenvalue weighted by molar-refractivity contribution is 6.37. The maximum atomic E-state index is 13.5. The van der Waals surface area contributed by atoms with Crippen molar-refractivity contribution in [3.8, 4) is 5.75 Å². The average Bonchev–Trinajstić information content (AvgIpc) is 3.03. The number of hydrogen-bond donors (Lipinski definition) is 1. The minimum absolute atomic E-state index is 0.234. The summed E-state index contributed by atoms with van der Waals surface area (Å²) in [6.45, 7) is 2.18. The first-order valence-electron chi connectivity index (χ1n) is 10.3. The van der Waals surface area contributed by atoms with Crippen LogP contribution in [0.5, 0.6) is 5.75 Å². The Morgan fingerprint density at radius 1 is 0.938 bits per heavy atom. The van der Waals surface area contributed by atoms with E-state index in [9.17, 15) is 9.59 Å². The van der Waals surface area contributed by atoms with Crippen molar-refractivity contribution in [2.75, 3.05) is 19.0 Å². The highest BCUT2D eigenvalue weighted by Gasteiger charge is 2.40. The van der Waals surface area contributed by atoms with Crippen LogP contribution in [-0.2, 0) is 16.0 Å². The Labute approximate surface area is 192 Å². The fraction of sp³-hybridized carbons (Fsp3) is 0.154. The molecular weight excluding hydrogens is 424 g/mol. The van der Waals surface area contributed by atoms with Gasteiger partial charge in [0, 0.05) is 22.8 Å². The third kappa shape index (κ3) is 4.25. The second-order valence-electron chi connectivity index (χ2n) is 7.53. The number of aryl methyl sites for hydroxylation is 1. The first kappa shape index (κ1) is 21.7. The average molecular weight is 447 g/mol. The highest BCUT2D eigenvalue weighted by Crippen LogP contribution is 2.36. The number of amides is 2. The number of carbonyl (C=O) groups excluding carboxylic acids is 2. The van der Waals surface area contributed by atoms with Crippen molar-refractivity contribution in [2.24, 2.45) is 0 Å². The van der Waals surface area contributed by atoms with Gasteiger partial charge < -0.3 is 10.1 Å². The lowest BCUT2D eigenvalue weighted by Crippen LogP contribution is -2.34. The molecule has 3 aromatic carbocycles. The standard InChI is InChI=1S/C26H23ClN2O3/c1-17-16-19(27)12-13-21(17)28-24-23(20-10-6-7-11-22(20)32-2)25(30)29(26(24)31)15-14-18-8-4-3-5-9-18/h3-13,16,28H,14-15H2,1-2H3. The molecule has 0 saturated carbocycles. The normalized spacial score (nSPS) is 13.7. The van der Waals surface area contributed by atoms with Crippen LogP contribution in [0.2, 0.25) is 5.02 Å². The van der Waals surface area contributed by atoms with E-state index in [-0.39, 0.29) is 24.1 Å². The topological polar surface area (TPSA) is 58.6 Å². The lowest BCUT2D eigenvalue weighted by atomic mass is 10.0. The van der Waals surface area contributed by atoms with Gasteiger partial charge >= 0.3 is 0 Å². The molecule has 1 aliphatic rings. The lowest BCUT2D eigenvalue weighted by Gasteiger charge is -2.16. The van der Waals surface area contributed by atoms with E-state index in [4.69, 9.17) is 16.3 Å². The summed E-state index contributed by atoms with van der Waals surface area (Å²) in [4.78, 5) is 28.2. The Balaban J connectivity index is 1.73. The minimum atomic E-state index is -0.360. The van der Waals surface area contributed by atoms with Crippen LogP contribution in [0.1, 0.15) is 16.7 Å². The third-order valence-corrected chi connectivity index (χ3v) is 5.69.